The molecule has 2 radical (unpaired) electrons. The fraction of sp³-hybridized carbons (Fsp3) is 0.222. The van der Waals surface area contributed by atoms with E-state index in [-0.39, 0.29) is 11.8 Å². The molecule has 2 nitrogen and oxygen atoms in total. The van der Waals surface area contributed by atoms with Crippen LogP contribution in [0, 0.1) is 0 Å². The Labute approximate surface area is 73.2 Å². The number of benzene rings is 1. The maximum atomic E-state index is 10.8. The van der Waals surface area contributed by atoms with Crippen molar-refractivity contribution in [2.45, 2.75) is 12.8 Å². The molecule has 0 spiro atoms. The number of carbonyl (C=O) groups is 1. The van der Waals surface area contributed by atoms with Gasteiger partial charge >= 0.3 is 0 Å². The molecule has 0 fully saturated rings. The number of hydrogen-bond donors (Lipinski definition) is 1. The SMILES string of the molecule is [B]c1cccc(C(C)C(N)=O)c1. The van der Waals surface area contributed by atoms with Crippen molar-refractivity contribution in [3.63, 3.8) is 0 Å². The molecule has 0 saturated heterocycles. The van der Waals surface area contributed by atoms with Gasteiger partial charge < -0.3 is 5.73 Å². The van der Waals surface area contributed by atoms with Gasteiger partial charge in [0.25, 0.3) is 0 Å². The van der Waals surface area contributed by atoms with Crippen LogP contribution in [0.2, 0.25) is 0 Å². The van der Waals surface area contributed by atoms with Gasteiger partial charge in [-0.3, -0.25) is 4.79 Å². The molecule has 0 saturated carbocycles. The van der Waals surface area contributed by atoms with E-state index in [1.807, 2.05) is 12.1 Å². The number of amides is 1. The molecule has 1 rings (SSSR count). The summed E-state index contributed by atoms with van der Waals surface area (Å²) in [5, 5.41) is 0. The summed E-state index contributed by atoms with van der Waals surface area (Å²) in [6.45, 7) is 1.76. The number of nitrogens with two attached hydrogens (primary N) is 1. The van der Waals surface area contributed by atoms with Crippen LogP contribution in [0.5, 0.6) is 0 Å². The highest BCUT2D eigenvalue weighted by Gasteiger charge is 2.10. The second kappa shape index (κ2) is 3.43. The van der Waals surface area contributed by atoms with Gasteiger partial charge in [0, 0.05) is 0 Å². The summed E-state index contributed by atoms with van der Waals surface area (Å²) in [7, 11) is 5.54. The lowest BCUT2D eigenvalue weighted by Gasteiger charge is -2.07. The van der Waals surface area contributed by atoms with Crippen molar-refractivity contribution in [1.29, 1.82) is 0 Å². The molecule has 0 aliphatic heterocycles. The topological polar surface area (TPSA) is 43.1 Å². The van der Waals surface area contributed by atoms with Gasteiger partial charge in [0.1, 0.15) is 7.85 Å². The summed E-state index contributed by atoms with van der Waals surface area (Å²) in [6, 6.07) is 7.18. The quantitative estimate of drug-likeness (QED) is 0.609. The second-order valence-corrected chi connectivity index (χ2v) is 2.79. The Balaban J connectivity index is 2.95. The van der Waals surface area contributed by atoms with E-state index in [1.54, 1.807) is 19.1 Å². The molecule has 2 N–H and O–H groups in total. The lowest BCUT2D eigenvalue weighted by atomic mass is 9.90. The molecule has 1 aromatic rings. The summed E-state index contributed by atoms with van der Waals surface area (Å²) in [6.07, 6.45) is 0. The molecule has 60 valence electrons. The predicted molar refractivity (Wildman–Crippen MR) is 49.4 cm³/mol. The highest BCUT2D eigenvalue weighted by atomic mass is 16.1. The maximum absolute atomic E-state index is 10.8. The molecule has 0 bridgehead atoms. The van der Waals surface area contributed by atoms with Gasteiger partial charge in [-0.2, -0.15) is 0 Å². The zero-order chi connectivity index (χ0) is 9.14. The monoisotopic (exact) mass is 159 g/mol. The van der Waals surface area contributed by atoms with Crippen molar-refractivity contribution in [2.75, 3.05) is 0 Å². The average molecular weight is 159 g/mol. The van der Waals surface area contributed by atoms with E-state index in [0.29, 0.717) is 5.46 Å². The molecule has 0 heterocycles. The van der Waals surface area contributed by atoms with Crippen molar-refractivity contribution < 1.29 is 4.79 Å². The first-order valence-electron chi connectivity index (χ1n) is 3.76. The van der Waals surface area contributed by atoms with E-state index in [0.717, 1.165) is 5.56 Å². The van der Waals surface area contributed by atoms with Crippen molar-refractivity contribution in [3.8, 4) is 0 Å². The first kappa shape index (κ1) is 8.85. The van der Waals surface area contributed by atoms with Gasteiger partial charge in [0.15, 0.2) is 0 Å². The minimum atomic E-state index is -0.333. The fourth-order valence-corrected chi connectivity index (χ4v) is 0.993. The van der Waals surface area contributed by atoms with E-state index in [4.69, 9.17) is 13.6 Å². The Bertz CT molecular complexity index is 298. The standard InChI is InChI=1S/C9H10BNO/c1-6(9(11)12)7-3-2-4-8(10)5-7/h2-6H,1H3,(H2,11,12). The molecule has 12 heavy (non-hydrogen) atoms. The summed E-state index contributed by atoms with van der Waals surface area (Å²) in [5.74, 6) is -0.603. The average Bonchev–Trinajstić information content (AvgIpc) is 2.03. The molecular formula is C9H10BNO. The van der Waals surface area contributed by atoms with Gasteiger partial charge in [0.2, 0.25) is 5.91 Å². The van der Waals surface area contributed by atoms with Crippen LogP contribution in [-0.2, 0) is 4.79 Å². The molecular weight excluding hydrogens is 149 g/mol. The molecule has 1 amide bonds. The van der Waals surface area contributed by atoms with Crippen LogP contribution in [0.3, 0.4) is 0 Å². The van der Waals surface area contributed by atoms with Gasteiger partial charge in [-0.25, -0.2) is 0 Å². The Kier molecular flexibility index (Phi) is 2.53. The third kappa shape index (κ3) is 1.88. The van der Waals surface area contributed by atoms with Gasteiger partial charge in [-0.1, -0.05) is 29.7 Å². The first-order chi connectivity index (χ1) is 5.61. The zero-order valence-electron chi connectivity index (χ0n) is 6.95. The minimum absolute atomic E-state index is 0.270. The molecule has 3 heteroatoms. The van der Waals surface area contributed by atoms with Crippen molar-refractivity contribution >= 4 is 19.2 Å². The zero-order valence-corrected chi connectivity index (χ0v) is 6.95. The van der Waals surface area contributed by atoms with Crippen LogP contribution < -0.4 is 11.2 Å². The fourth-order valence-electron chi connectivity index (χ4n) is 0.993. The van der Waals surface area contributed by atoms with Crippen molar-refractivity contribution in [1.82, 2.24) is 0 Å². The second-order valence-electron chi connectivity index (χ2n) is 2.79. The molecule has 1 unspecified atom stereocenters. The Morgan fingerprint density at radius 1 is 1.58 bits per heavy atom. The highest BCUT2D eigenvalue weighted by Crippen LogP contribution is 2.11. The molecule has 1 atom stereocenters. The third-order valence-corrected chi connectivity index (χ3v) is 1.84. The summed E-state index contributed by atoms with van der Waals surface area (Å²) < 4.78 is 0. The summed E-state index contributed by atoms with van der Waals surface area (Å²) in [4.78, 5) is 10.8. The van der Waals surface area contributed by atoms with Gasteiger partial charge in [0.05, 0.1) is 5.92 Å². The van der Waals surface area contributed by atoms with E-state index in [1.165, 1.54) is 0 Å². The van der Waals surface area contributed by atoms with Crippen LogP contribution >= 0.6 is 0 Å². The Morgan fingerprint density at radius 3 is 2.75 bits per heavy atom. The summed E-state index contributed by atoms with van der Waals surface area (Å²) in [5.41, 5.74) is 6.66. The lowest BCUT2D eigenvalue weighted by molar-refractivity contribution is -0.119. The molecule has 0 aliphatic rings. The summed E-state index contributed by atoms with van der Waals surface area (Å²) >= 11 is 0. The maximum Gasteiger partial charge on any atom is 0.224 e. The Hall–Kier alpha value is -1.25. The van der Waals surface area contributed by atoms with E-state index < -0.39 is 0 Å². The first-order valence-corrected chi connectivity index (χ1v) is 3.76. The highest BCUT2D eigenvalue weighted by molar-refractivity contribution is 6.32. The lowest BCUT2D eigenvalue weighted by Crippen LogP contribution is -2.19. The van der Waals surface area contributed by atoms with E-state index >= 15 is 0 Å². The smallest absolute Gasteiger partial charge is 0.224 e. The normalized spacial score (nSPS) is 12.4. The number of rotatable bonds is 2. The number of carbonyl (C=O) groups excluding carboxylic acids is 1. The van der Waals surface area contributed by atoms with Crippen LogP contribution in [0.25, 0.3) is 0 Å². The van der Waals surface area contributed by atoms with Crippen molar-refractivity contribution in [2.24, 2.45) is 5.73 Å². The predicted octanol–water partition coefficient (Wildman–Crippen LogP) is 0.0692. The molecule has 1 aromatic carbocycles. The third-order valence-electron chi connectivity index (χ3n) is 1.84. The van der Waals surface area contributed by atoms with E-state index in [9.17, 15) is 4.79 Å². The van der Waals surface area contributed by atoms with E-state index in [2.05, 4.69) is 0 Å². The number of hydrogen-bond acceptors (Lipinski definition) is 1. The Morgan fingerprint density at radius 2 is 2.25 bits per heavy atom. The van der Waals surface area contributed by atoms with Crippen LogP contribution in [0.1, 0.15) is 18.4 Å². The molecule has 0 aliphatic carbocycles. The van der Waals surface area contributed by atoms with Crippen LogP contribution in [0.15, 0.2) is 24.3 Å². The van der Waals surface area contributed by atoms with Crippen LogP contribution in [-0.4, -0.2) is 13.8 Å². The van der Waals surface area contributed by atoms with Gasteiger partial charge in [-0.05, 0) is 12.5 Å². The van der Waals surface area contributed by atoms with Crippen LogP contribution in [0.4, 0.5) is 0 Å². The molecule has 0 aromatic heterocycles. The minimum Gasteiger partial charge on any atom is -0.369 e. The largest absolute Gasteiger partial charge is 0.369 e. The van der Waals surface area contributed by atoms with Crippen molar-refractivity contribution in [3.05, 3.63) is 29.8 Å². The van der Waals surface area contributed by atoms with Gasteiger partial charge in [-0.15, -0.1) is 0 Å². The number of primary amides is 1.